The van der Waals surface area contributed by atoms with Crippen LogP contribution in [0, 0.1) is 24.5 Å². The number of rotatable bonds is 10. The molecule has 1 saturated heterocycles. The van der Waals surface area contributed by atoms with E-state index in [0.717, 1.165) is 57.3 Å². The van der Waals surface area contributed by atoms with E-state index in [1.54, 1.807) is 18.3 Å². The summed E-state index contributed by atoms with van der Waals surface area (Å²) in [5, 5.41) is 15.6. The molecule has 5 rings (SSSR count). The predicted octanol–water partition coefficient (Wildman–Crippen LogP) is 4.74. The molecule has 0 spiro atoms. The minimum Gasteiger partial charge on any atom is -0.395 e. The van der Waals surface area contributed by atoms with Gasteiger partial charge < -0.3 is 25.2 Å². The third kappa shape index (κ3) is 6.15. The van der Waals surface area contributed by atoms with E-state index in [9.17, 15) is 8.78 Å². The molecule has 1 aliphatic heterocycles. The van der Waals surface area contributed by atoms with E-state index >= 15 is 0 Å². The average Bonchev–Trinajstić information content (AvgIpc) is 3.26. The number of aliphatic hydroxyl groups excluding tert-OH is 1. The largest absolute Gasteiger partial charge is 0.395 e. The first-order valence-corrected chi connectivity index (χ1v) is 13.4. The fourth-order valence-electron chi connectivity index (χ4n) is 5.07. The van der Waals surface area contributed by atoms with Crippen molar-refractivity contribution in [3.05, 3.63) is 54.1 Å². The van der Waals surface area contributed by atoms with Crippen LogP contribution in [0.25, 0.3) is 22.3 Å². The highest BCUT2D eigenvalue weighted by Gasteiger charge is 2.19. The van der Waals surface area contributed by atoms with Crippen LogP contribution in [0.15, 0.2) is 36.7 Å². The molecule has 1 fully saturated rings. The molecular formula is C28H34F2N8O. The van der Waals surface area contributed by atoms with Gasteiger partial charge in [0.05, 0.1) is 30.2 Å². The highest BCUT2D eigenvalue weighted by molar-refractivity contribution is 5.83. The van der Waals surface area contributed by atoms with E-state index in [1.165, 1.54) is 6.07 Å². The van der Waals surface area contributed by atoms with E-state index in [-0.39, 0.29) is 23.8 Å². The van der Waals surface area contributed by atoms with Crippen molar-refractivity contribution >= 4 is 28.5 Å². The number of halogens is 2. The number of aliphatic hydroxyl groups is 1. The quantitative estimate of drug-likeness (QED) is 0.267. The number of pyridine rings is 1. The van der Waals surface area contributed by atoms with Crippen LogP contribution >= 0.6 is 0 Å². The maximum atomic E-state index is 14.9. The molecule has 1 aliphatic rings. The minimum atomic E-state index is -0.646. The van der Waals surface area contributed by atoms with Gasteiger partial charge in [0.2, 0.25) is 5.95 Å². The van der Waals surface area contributed by atoms with Crippen molar-refractivity contribution in [1.29, 1.82) is 0 Å². The number of imidazole rings is 1. The molecule has 0 aliphatic carbocycles. The molecule has 9 nitrogen and oxygen atoms in total. The highest BCUT2D eigenvalue weighted by atomic mass is 19.1. The zero-order chi connectivity index (χ0) is 27.4. The monoisotopic (exact) mass is 536 g/mol. The van der Waals surface area contributed by atoms with Crippen molar-refractivity contribution in [3.8, 4) is 11.3 Å². The lowest BCUT2D eigenvalue weighted by Gasteiger charge is -2.31. The summed E-state index contributed by atoms with van der Waals surface area (Å²) in [6.45, 7) is 8.39. The Kier molecular flexibility index (Phi) is 8.27. The number of aromatic nitrogens is 5. The molecule has 0 radical (unpaired) electrons. The molecule has 4 aromatic rings. The van der Waals surface area contributed by atoms with Gasteiger partial charge in [0, 0.05) is 25.2 Å². The molecule has 11 heteroatoms. The van der Waals surface area contributed by atoms with Crippen molar-refractivity contribution in [2.45, 2.75) is 39.7 Å². The van der Waals surface area contributed by atoms with Gasteiger partial charge in [-0.3, -0.25) is 0 Å². The summed E-state index contributed by atoms with van der Waals surface area (Å²) in [7, 11) is 0. The molecule has 3 N–H and O–H groups in total. The van der Waals surface area contributed by atoms with Crippen LogP contribution < -0.4 is 10.6 Å². The molecule has 206 valence electrons. The van der Waals surface area contributed by atoms with Crippen LogP contribution in [0.1, 0.15) is 32.0 Å². The summed E-state index contributed by atoms with van der Waals surface area (Å²) in [5.74, 6) is 0.792. The molecular weight excluding hydrogens is 502 g/mol. The Morgan fingerprint density at radius 1 is 1.03 bits per heavy atom. The summed E-state index contributed by atoms with van der Waals surface area (Å²) in [6.07, 6.45) is 5.86. The average molecular weight is 537 g/mol. The SMILES string of the molecule is CCCn1c(C)nc2c(F)cc(-c3nc(Nc4ccc(NCC5CCN(CCO)CC5)cn4)ncc3F)cc21. The van der Waals surface area contributed by atoms with Gasteiger partial charge in [-0.2, -0.15) is 0 Å². The fourth-order valence-corrected chi connectivity index (χ4v) is 5.07. The van der Waals surface area contributed by atoms with E-state index in [0.29, 0.717) is 35.2 Å². The van der Waals surface area contributed by atoms with Gasteiger partial charge in [-0.15, -0.1) is 0 Å². The van der Waals surface area contributed by atoms with Gasteiger partial charge in [0.25, 0.3) is 0 Å². The Morgan fingerprint density at radius 3 is 2.56 bits per heavy atom. The molecule has 4 heterocycles. The summed E-state index contributed by atoms with van der Waals surface area (Å²) in [6, 6.07) is 6.70. The Bertz CT molecular complexity index is 1420. The van der Waals surface area contributed by atoms with Crippen LogP contribution in [0.4, 0.5) is 26.2 Å². The zero-order valence-corrected chi connectivity index (χ0v) is 22.3. The Hall–Kier alpha value is -3.70. The maximum absolute atomic E-state index is 14.9. The highest BCUT2D eigenvalue weighted by Crippen LogP contribution is 2.29. The first kappa shape index (κ1) is 26.9. The number of fused-ring (bicyclic) bond motifs is 1. The third-order valence-electron chi connectivity index (χ3n) is 7.18. The number of piperidine rings is 1. The van der Waals surface area contributed by atoms with Crippen molar-refractivity contribution in [2.24, 2.45) is 5.92 Å². The van der Waals surface area contributed by atoms with Crippen molar-refractivity contribution in [1.82, 2.24) is 29.4 Å². The fraction of sp³-hybridized carbons (Fsp3) is 0.429. The van der Waals surface area contributed by atoms with Crippen molar-refractivity contribution in [2.75, 3.05) is 43.4 Å². The zero-order valence-electron chi connectivity index (χ0n) is 22.3. The lowest BCUT2D eigenvalue weighted by Crippen LogP contribution is -2.37. The van der Waals surface area contributed by atoms with Gasteiger partial charge in [0.1, 0.15) is 22.9 Å². The summed E-state index contributed by atoms with van der Waals surface area (Å²) in [5.41, 5.74) is 2.09. The van der Waals surface area contributed by atoms with Gasteiger partial charge in [0.15, 0.2) is 11.6 Å². The summed E-state index contributed by atoms with van der Waals surface area (Å²) >= 11 is 0. The van der Waals surface area contributed by atoms with Crippen LogP contribution in [0.5, 0.6) is 0 Å². The predicted molar refractivity (Wildman–Crippen MR) is 148 cm³/mol. The smallest absolute Gasteiger partial charge is 0.229 e. The number of anilines is 3. The third-order valence-corrected chi connectivity index (χ3v) is 7.18. The van der Waals surface area contributed by atoms with Crippen molar-refractivity contribution < 1.29 is 13.9 Å². The van der Waals surface area contributed by atoms with E-state index in [2.05, 4.69) is 35.5 Å². The van der Waals surface area contributed by atoms with E-state index in [1.807, 2.05) is 24.5 Å². The minimum absolute atomic E-state index is 0.00137. The standard InChI is InChI=1S/C28H34F2N8O/c1-3-8-38-18(2)34-27-22(29)13-20(14-24(27)38)26-23(30)17-33-28(36-26)35-25-5-4-21(16-32-25)31-15-19-6-9-37(10-7-19)11-12-39/h4-5,13-14,16-17,19,31,39H,3,6-12,15H2,1-2H3,(H,32,33,35,36). The molecule has 0 bridgehead atoms. The second kappa shape index (κ2) is 12.0. The lowest BCUT2D eigenvalue weighted by atomic mass is 9.97. The number of β-amino-alcohol motifs (C(OH)–C–C–N with tert-alkyl or cyclic N) is 1. The normalized spacial score (nSPS) is 14.7. The molecule has 0 atom stereocenters. The number of benzene rings is 1. The number of hydrogen-bond donors (Lipinski definition) is 3. The van der Waals surface area contributed by atoms with E-state index < -0.39 is 11.6 Å². The lowest BCUT2D eigenvalue weighted by molar-refractivity contribution is 0.151. The van der Waals surface area contributed by atoms with Gasteiger partial charge in [-0.1, -0.05) is 6.92 Å². The number of nitrogens with zero attached hydrogens (tertiary/aromatic N) is 6. The maximum Gasteiger partial charge on any atom is 0.229 e. The molecule has 39 heavy (non-hydrogen) atoms. The number of aryl methyl sites for hydroxylation is 2. The van der Waals surface area contributed by atoms with Crippen LogP contribution in [0.3, 0.4) is 0 Å². The van der Waals surface area contributed by atoms with Crippen LogP contribution in [0.2, 0.25) is 0 Å². The Morgan fingerprint density at radius 2 is 1.85 bits per heavy atom. The van der Waals surface area contributed by atoms with Crippen molar-refractivity contribution in [3.63, 3.8) is 0 Å². The topological polar surface area (TPSA) is 104 Å². The second-order valence-electron chi connectivity index (χ2n) is 9.97. The second-order valence-corrected chi connectivity index (χ2v) is 9.97. The molecule has 0 amide bonds. The van der Waals surface area contributed by atoms with Gasteiger partial charge >= 0.3 is 0 Å². The van der Waals surface area contributed by atoms with Crippen LogP contribution in [-0.2, 0) is 6.54 Å². The first-order valence-electron chi connectivity index (χ1n) is 13.4. The number of hydrogen-bond acceptors (Lipinski definition) is 8. The molecule has 3 aromatic heterocycles. The van der Waals surface area contributed by atoms with Crippen LogP contribution in [-0.4, -0.2) is 67.3 Å². The molecule has 0 unspecified atom stereocenters. The Balaban J connectivity index is 1.27. The molecule has 1 aromatic carbocycles. The summed E-state index contributed by atoms with van der Waals surface area (Å²) < 4.78 is 31.7. The number of likely N-dealkylation sites (tertiary alicyclic amines) is 1. The Labute approximate surface area is 226 Å². The molecule has 0 saturated carbocycles. The first-order chi connectivity index (χ1) is 18.9. The van der Waals surface area contributed by atoms with Gasteiger partial charge in [-0.25, -0.2) is 28.7 Å². The summed E-state index contributed by atoms with van der Waals surface area (Å²) in [4.78, 5) is 19.5. The van der Waals surface area contributed by atoms with Gasteiger partial charge in [-0.05, 0) is 69.5 Å². The number of nitrogens with one attached hydrogen (secondary N) is 2. The van der Waals surface area contributed by atoms with E-state index in [4.69, 9.17) is 5.11 Å².